The molecule has 0 saturated carbocycles. The molecule has 8 aromatic rings. The van der Waals surface area contributed by atoms with E-state index >= 15 is 0 Å². The van der Waals surface area contributed by atoms with Crippen LogP contribution < -0.4 is 18.9 Å². The van der Waals surface area contributed by atoms with Crippen molar-refractivity contribution in [1.29, 1.82) is 0 Å². The highest BCUT2D eigenvalue weighted by Crippen LogP contribution is 2.37. The van der Waals surface area contributed by atoms with Gasteiger partial charge in [-0.25, -0.2) is 16.8 Å². The van der Waals surface area contributed by atoms with E-state index in [-0.39, 0.29) is 36.2 Å². The molecule has 0 radical (unpaired) electrons. The Balaban J connectivity index is 0.850. The maximum absolute atomic E-state index is 13.6. The largest absolute Gasteiger partial charge is 0.508 e. The first-order valence-electron chi connectivity index (χ1n) is 21.1. The van der Waals surface area contributed by atoms with E-state index in [1.165, 1.54) is 55.6 Å². The number of aromatic hydroxyl groups is 1. The number of hydrogen-bond acceptors (Lipinski definition) is 9. The van der Waals surface area contributed by atoms with E-state index in [1.807, 2.05) is 84.9 Å². The van der Waals surface area contributed by atoms with Gasteiger partial charge in [-0.1, -0.05) is 76.2 Å². The third-order valence-electron chi connectivity index (χ3n) is 11.8. The predicted molar refractivity (Wildman–Crippen MR) is 255 cm³/mol. The highest BCUT2D eigenvalue weighted by molar-refractivity contribution is 7.91. The summed E-state index contributed by atoms with van der Waals surface area (Å²) in [6.45, 7) is 8.49. The molecule has 0 fully saturated rings. The third-order valence-corrected chi connectivity index (χ3v) is 15.4. The average Bonchev–Trinajstić information content (AvgIpc) is 3.33. The minimum absolute atomic E-state index is 0.137. The van der Waals surface area contributed by atoms with E-state index in [0.29, 0.717) is 40.2 Å². The molecule has 1 N–H and O–H groups in total. The summed E-state index contributed by atoms with van der Waals surface area (Å²) in [7, 11) is -5.98. The molecular formula is C55H48O9S2. The first-order valence-corrected chi connectivity index (χ1v) is 24.1. The van der Waals surface area contributed by atoms with Crippen molar-refractivity contribution in [1.82, 2.24) is 0 Å². The Kier molecular flexibility index (Phi) is 12.5. The molecule has 0 heterocycles. The Bertz CT molecular complexity index is 3150. The summed E-state index contributed by atoms with van der Waals surface area (Å²) in [5, 5.41) is 9.69. The van der Waals surface area contributed by atoms with E-state index in [2.05, 4.69) is 27.7 Å². The molecule has 11 heteroatoms. The Labute approximate surface area is 386 Å². The van der Waals surface area contributed by atoms with Gasteiger partial charge in [0.15, 0.2) is 0 Å². The molecule has 66 heavy (non-hydrogen) atoms. The second-order valence-corrected chi connectivity index (χ2v) is 20.7. The predicted octanol–water partition coefficient (Wildman–Crippen LogP) is 13.1. The molecule has 0 aromatic heterocycles. The number of rotatable bonds is 15. The molecule has 8 rings (SSSR count). The summed E-state index contributed by atoms with van der Waals surface area (Å²) >= 11 is 0. The van der Waals surface area contributed by atoms with E-state index in [1.54, 1.807) is 60.7 Å². The Morgan fingerprint density at radius 2 is 0.515 bits per heavy atom. The van der Waals surface area contributed by atoms with Crippen LogP contribution in [0.3, 0.4) is 0 Å². The fourth-order valence-electron chi connectivity index (χ4n) is 7.53. The molecule has 0 aliphatic rings. The quantitative estimate of drug-likeness (QED) is 0.107. The van der Waals surface area contributed by atoms with E-state index in [0.717, 1.165) is 22.3 Å². The van der Waals surface area contributed by atoms with Crippen molar-refractivity contribution < 1.29 is 40.9 Å². The van der Waals surface area contributed by atoms with Crippen molar-refractivity contribution in [3.63, 3.8) is 0 Å². The van der Waals surface area contributed by atoms with Crippen LogP contribution in [-0.4, -0.2) is 29.1 Å². The normalized spacial score (nSPS) is 12.0. The van der Waals surface area contributed by atoms with Crippen LogP contribution in [0.15, 0.2) is 214 Å². The zero-order chi connectivity index (χ0) is 46.7. The zero-order valence-corrected chi connectivity index (χ0v) is 38.6. The highest BCUT2D eigenvalue weighted by Gasteiger charge is 2.25. The van der Waals surface area contributed by atoms with Gasteiger partial charge in [-0.05, 0) is 168 Å². The maximum atomic E-state index is 13.6. The lowest BCUT2D eigenvalue weighted by atomic mass is 9.78. The van der Waals surface area contributed by atoms with Gasteiger partial charge in [0.2, 0.25) is 19.7 Å². The van der Waals surface area contributed by atoms with Gasteiger partial charge in [0.25, 0.3) is 0 Å². The van der Waals surface area contributed by atoms with Gasteiger partial charge >= 0.3 is 0 Å². The molecule has 334 valence electrons. The number of phenolic OH excluding ortho intramolecular Hbond substituents is 1. The van der Waals surface area contributed by atoms with Gasteiger partial charge in [-0.3, -0.25) is 0 Å². The van der Waals surface area contributed by atoms with Gasteiger partial charge in [0.05, 0.1) is 26.7 Å². The minimum atomic E-state index is -3.81. The molecule has 0 amide bonds. The molecule has 0 aliphatic carbocycles. The second-order valence-electron chi connectivity index (χ2n) is 16.8. The number of phenols is 1. The first-order chi connectivity index (χ1) is 31.5. The van der Waals surface area contributed by atoms with Crippen molar-refractivity contribution in [3.05, 3.63) is 216 Å². The van der Waals surface area contributed by atoms with Crippen LogP contribution in [-0.2, 0) is 30.5 Å². The molecule has 0 unspecified atom stereocenters. The van der Waals surface area contributed by atoms with E-state index in [4.69, 9.17) is 18.9 Å². The van der Waals surface area contributed by atoms with Crippen LogP contribution in [0.2, 0.25) is 0 Å². The lowest BCUT2D eigenvalue weighted by molar-refractivity contribution is 0.414. The van der Waals surface area contributed by atoms with Crippen LogP contribution in [0.5, 0.6) is 46.0 Å². The van der Waals surface area contributed by atoms with Crippen LogP contribution in [0.4, 0.5) is 0 Å². The van der Waals surface area contributed by atoms with Crippen LogP contribution in [0.1, 0.15) is 49.9 Å². The van der Waals surface area contributed by atoms with Gasteiger partial charge in [-0.15, -0.1) is 0 Å². The summed E-state index contributed by atoms with van der Waals surface area (Å²) in [6, 6.07) is 55.8. The highest BCUT2D eigenvalue weighted by atomic mass is 32.2. The molecule has 0 bridgehead atoms. The minimum Gasteiger partial charge on any atom is -0.508 e. The topological polar surface area (TPSA) is 125 Å². The zero-order valence-electron chi connectivity index (χ0n) is 37.0. The molecule has 0 spiro atoms. The lowest BCUT2D eigenvalue weighted by Gasteiger charge is -2.26. The van der Waals surface area contributed by atoms with Gasteiger partial charge in [0.1, 0.15) is 46.0 Å². The summed E-state index contributed by atoms with van der Waals surface area (Å²) < 4.78 is 76.7. The number of ether oxygens (including phenoxy) is 4. The van der Waals surface area contributed by atoms with Crippen molar-refractivity contribution in [2.24, 2.45) is 0 Å². The fraction of sp³-hybridized carbons (Fsp3) is 0.127. The van der Waals surface area contributed by atoms with Crippen molar-refractivity contribution in [3.8, 4) is 46.0 Å². The summed E-state index contributed by atoms with van der Waals surface area (Å²) in [6.07, 6.45) is 0. The lowest BCUT2D eigenvalue weighted by Crippen LogP contribution is -2.18. The first kappa shape index (κ1) is 45.2. The monoisotopic (exact) mass is 916 g/mol. The van der Waals surface area contributed by atoms with Crippen molar-refractivity contribution in [2.75, 3.05) is 7.11 Å². The maximum Gasteiger partial charge on any atom is 0.206 e. The second kappa shape index (κ2) is 18.3. The van der Waals surface area contributed by atoms with Crippen LogP contribution in [0.25, 0.3) is 0 Å². The van der Waals surface area contributed by atoms with Crippen LogP contribution in [0, 0.1) is 0 Å². The summed E-state index contributed by atoms with van der Waals surface area (Å²) in [4.78, 5) is 0.618. The smallest absolute Gasteiger partial charge is 0.206 e. The third kappa shape index (κ3) is 9.68. The van der Waals surface area contributed by atoms with E-state index < -0.39 is 19.7 Å². The SMILES string of the molecule is COc1ccc(S(=O)(=O)c2ccc(Oc3ccc(C(C)(C)c4ccc(Oc5ccc(S(=O)(=O)c6ccc(Oc7ccc(C(C)(C)c8ccc(O)cc8)cc7)cc6)cc5)cc4)cc3)cc2)cc1. The van der Waals surface area contributed by atoms with Crippen molar-refractivity contribution >= 4 is 19.7 Å². The fourth-order valence-corrected chi connectivity index (χ4v) is 10.0. The molecule has 8 aromatic carbocycles. The van der Waals surface area contributed by atoms with E-state index in [9.17, 15) is 21.9 Å². The van der Waals surface area contributed by atoms with Gasteiger partial charge < -0.3 is 24.1 Å². The summed E-state index contributed by atoms with van der Waals surface area (Å²) in [5.41, 5.74) is 3.60. The molecule has 9 nitrogen and oxygen atoms in total. The van der Waals surface area contributed by atoms with Crippen LogP contribution >= 0.6 is 0 Å². The molecular weight excluding hydrogens is 869 g/mol. The number of sulfone groups is 2. The Morgan fingerprint density at radius 3 is 0.742 bits per heavy atom. The average molecular weight is 917 g/mol. The Morgan fingerprint density at radius 1 is 0.318 bits per heavy atom. The standard InChI is InChI=1S/C55H48O9S2/c1-54(2,38-6-14-42(56)15-7-38)39-8-16-44(17-9-39)62-48-26-34-52(35-27-48)66(59,60)53-36-28-49(29-37-53)64-46-20-12-41(13-21-46)55(3,4)40-10-18-45(19-11-40)63-47-24-32-51(33-25-47)65(57,58)50-30-22-43(61-5)23-31-50/h6-37,56H,1-5H3. The van der Waals surface area contributed by atoms with Gasteiger partial charge in [-0.2, -0.15) is 0 Å². The molecule has 0 saturated heterocycles. The molecule has 0 aliphatic heterocycles. The van der Waals surface area contributed by atoms with Gasteiger partial charge in [0, 0.05) is 10.8 Å². The number of benzene rings is 8. The summed E-state index contributed by atoms with van der Waals surface area (Å²) in [5.74, 6) is 4.13. The molecule has 0 atom stereocenters. The number of hydrogen-bond donors (Lipinski definition) is 1. The number of methoxy groups -OCH3 is 1. The van der Waals surface area contributed by atoms with Crippen molar-refractivity contribution in [2.45, 2.75) is 58.1 Å². The Hall–Kier alpha value is -7.34.